The Morgan fingerprint density at radius 3 is 1.75 bits per heavy atom. The molecule has 0 unspecified atom stereocenters. The van der Waals surface area contributed by atoms with Crippen LogP contribution in [0, 0.1) is 0 Å². The Kier molecular flexibility index (Phi) is 16.4. The van der Waals surface area contributed by atoms with Gasteiger partial charge in [-0.25, -0.2) is 0 Å². The van der Waals surface area contributed by atoms with Crippen LogP contribution in [0.3, 0.4) is 0 Å². The molecular weight excluding hydrogens is 392 g/mol. The maximum absolute atomic E-state index is 4.66. The standard InChI is InChI=1S/C9H7.2C2H6OSi2.Zr/c1-2-5-9-7-3-6-8(9)4-1;2*1-5(2)3-4;/h1-7H;2*1-2H3;/q-1;;;. The summed E-state index contributed by atoms with van der Waals surface area (Å²) in [6.45, 7) is 8.21. The van der Waals surface area contributed by atoms with E-state index >= 15 is 0 Å². The molecule has 2 rings (SSSR count). The molecule has 8 radical (unpaired) electrons. The number of fused-ring (bicyclic) bond motifs is 1. The van der Waals surface area contributed by atoms with Crippen LogP contribution in [0.1, 0.15) is 0 Å². The molecule has 0 aliphatic rings. The molecule has 0 N–H and O–H groups in total. The minimum Gasteiger partial charge on any atom is -0.457 e. The van der Waals surface area contributed by atoms with Gasteiger partial charge in [0.25, 0.3) is 0 Å². The molecule has 0 atom stereocenters. The van der Waals surface area contributed by atoms with Crippen molar-refractivity contribution in [3.05, 3.63) is 42.5 Å². The van der Waals surface area contributed by atoms with Gasteiger partial charge >= 0.3 is 0 Å². The van der Waals surface area contributed by atoms with Crippen LogP contribution in [0.2, 0.25) is 26.2 Å². The molecule has 2 aromatic carbocycles. The Bertz CT molecular complexity index is 397. The third-order valence-electron chi connectivity index (χ3n) is 1.96. The van der Waals surface area contributed by atoms with E-state index in [-0.39, 0.29) is 26.2 Å². The number of hydrogen-bond donors (Lipinski definition) is 0. The summed E-state index contributed by atoms with van der Waals surface area (Å²) in [6.07, 6.45) is 0. The van der Waals surface area contributed by atoms with Crippen molar-refractivity contribution in [2.45, 2.75) is 26.2 Å². The van der Waals surface area contributed by atoms with Gasteiger partial charge in [-0.05, 0) is 26.2 Å². The fourth-order valence-corrected chi connectivity index (χ4v) is 1.07. The first kappa shape index (κ1) is 22.8. The Hall–Kier alpha value is 0.501. The van der Waals surface area contributed by atoms with Crippen molar-refractivity contribution < 1.29 is 34.4 Å². The number of hydrogen-bond acceptors (Lipinski definition) is 2. The molecule has 7 heteroatoms. The molecule has 0 aliphatic carbocycles. The van der Waals surface area contributed by atoms with Gasteiger partial charge < -0.3 is 8.23 Å². The molecule has 2 nitrogen and oxygen atoms in total. The second-order valence-corrected chi connectivity index (χ2v) is 9.44. The van der Waals surface area contributed by atoms with Crippen LogP contribution in [0.5, 0.6) is 0 Å². The molecule has 104 valence electrons. The fourth-order valence-electron chi connectivity index (χ4n) is 1.07. The summed E-state index contributed by atoms with van der Waals surface area (Å²) in [5, 5.41) is 2.66. The second-order valence-electron chi connectivity index (χ2n) is 4.18. The predicted molar refractivity (Wildman–Crippen MR) is 88.2 cm³/mol. The van der Waals surface area contributed by atoms with Crippen LogP contribution in [0.15, 0.2) is 42.5 Å². The normalized spacial score (nSPS) is 9.40. The van der Waals surface area contributed by atoms with E-state index in [0.29, 0.717) is 0 Å². The molecule has 0 spiro atoms. The number of rotatable bonds is 2. The van der Waals surface area contributed by atoms with Gasteiger partial charge in [-0.3, -0.25) is 0 Å². The summed E-state index contributed by atoms with van der Waals surface area (Å²) < 4.78 is 9.31. The van der Waals surface area contributed by atoms with Gasteiger partial charge in [0.1, 0.15) is 0 Å². The van der Waals surface area contributed by atoms with Crippen molar-refractivity contribution in [2.24, 2.45) is 0 Å². The van der Waals surface area contributed by atoms with Crippen molar-refractivity contribution >= 4 is 49.8 Å². The van der Waals surface area contributed by atoms with Gasteiger partial charge in [0.2, 0.25) is 21.0 Å². The molecule has 20 heavy (non-hydrogen) atoms. The summed E-state index contributed by atoms with van der Waals surface area (Å²) in [5.74, 6) is 0. The van der Waals surface area contributed by atoms with E-state index in [0.717, 1.165) is 0 Å². The van der Waals surface area contributed by atoms with Crippen LogP contribution in [-0.4, -0.2) is 39.1 Å². The molecule has 0 saturated heterocycles. The molecule has 0 fully saturated rings. The Labute approximate surface area is 152 Å². The quantitative estimate of drug-likeness (QED) is 0.559. The van der Waals surface area contributed by atoms with Crippen LogP contribution in [-0.2, 0) is 34.4 Å². The third kappa shape index (κ3) is 12.3. The van der Waals surface area contributed by atoms with E-state index in [4.69, 9.17) is 0 Å². The van der Waals surface area contributed by atoms with E-state index in [1.54, 1.807) is 0 Å². The summed E-state index contributed by atoms with van der Waals surface area (Å²) in [4.78, 5) is 0. The monoisotopic (exact) mass is 409 g/mol. The van der Waals surface area contributed by atoms with Gasteiger partial charge in [-0.1, -0.05) is 6.07 Å². The van der Waals surface area contributed by atoms with Crippen molar-refractivity contribution in [3.8, 4) is 0 Å². The predicted octanol–water partition coefficient (Wildman–Crippen LogP) is 3.23. The molecule has 2 aromatic rings. The summed E-state index contributed by atoms with van der Waals surface area (Å²) in [7, 11) is 4.88. The van der Waals surface area contributed by atoms with Gasteiger partial charge in [0.15, 0.2) is 18.1 Å². The molecule has 0 amide bonds. The van der Waals surface area contributed by atoms with E-state index in [1.165, 1.54) is 10.8 Å². The second kappa shape index (κ2) is 14.4. The number of benzene rings is 1. The van der Waals surface area contributed by atoms with Crippen LogP contribution < -0.4 is 0 Å². The fraction of sp³-hybridized carbons (Fsp3) is 0.308. The summed E-state index contributed by atoms with van der Waals surface area (Å²) >= 11 is 0. The van der Waals surface area contributed by atoms with Crippen molar-refractivity contribution in [1.29, 1.82) is 0 Å². The molecule has 0 heterocycles. The first-order valence-corrected chi connectivity index (χ1v) is 11.5. The largest absolute Gasteiger partial charge is 0.457 e. The maximum Gasteiger partial charge on any atom is 0.229 e. The summed E-state index contributed by atoms with van der Waals surface area (Å²) in [5.41, 5.74) is 0. The van der Waals surface area contributed by atoms with E-state index in [2.05, 4.69) is 97.9 Å². The third-order valence-corrected chi connectivity index (χ3v) is 5.22. The van der Waals surface area contributed by atoms with E-state index < -0.39 is 18.1 Å². The van der Waals surface area contributed by atoms with Gasteiger partial charge in [-0.15, -0.1) is 29.7 Å². The van der Waals surface area contributed by atoms with Crippen molar-refractivity contribution in [2.75, 3.05) is 0 Å². The zero-order valence-corrected chi connectivity index (χ0v) is 18.8. The Morgan fingerprint density at radius 2 is 1.35 bits per heavy atom. The topological polar surface area (TPSA) is 18.5 Å². The van der Waals surface area contributed by atoms with E-state index in [1.807, 2.05) is 0 Å². The van der Waals surface area contributed by atoms with Crippen LogP contribution in [0.4, 0.5) is 0 Å². The van der Waals surface area contributed by atoms with Gasteiger partial charge in [0.05, 0.1) is 0 Å². The molecular formula is C13H19O2Si4Zr-. The van der Waals surface area contributed by atoms with Crippen LogP contribution in [0.25, 0.3) is 10.8 Å². The average molecular weight is 411 g/mol. The van der Waals surface area contributed by atoms with Crippen LogP contribution >= 0.6 is 0 Å². The molecule has 0 bridgehead atoms. The van der Waals surface area contributed by atoms with Crippen molar-refractivity contribution in [1.82, 2.24) is 0 Å². The molecule has 0 aromatic heterocycles. The Balaban J connectivity index is 0. The minimum absolute atomic E-state index is 0. The smallest absolute Gasteiger partial charge is 0.229 e. The average Bonchev–Trinajstić information content (AvgIpc) is 2.88. The molecule has 0 saturated carbocycles. The first-order valence-electron chi connectivity index (χ1n) is 5.89. The zero-order chi connectivity index (χ0) is 14.7. The summed E-state index contributed by atoms with van der Waals surface area (Å²) in [6, 6.07) is 14.7. The zero-order valence-electron chi connectivity index (χ0n) is 12.4. The van der Waals surface area contributed by atoms with E-state index in [9.17, 15) is 0 Å². The maximum atomic E-state index is 4.66. The minimum atomic E-state index is -0.460. The van der Waals surface area contributed by atoms with Gasteiger partial charge in [-0.2, -0.15) is 17.5 Å². The molecule has 0 aliphatic heterocycles. The Morgan fingerprint density at radius 1 is 0.900 bits per heavy atom. The first-order chi connectivity index (χ1) is 9.01. The van der Waals surface area contributed by atoms with Crippen molar-refractivity contribution in [3.63, 3.8) is 0 Å². The SMILES string of the molecule is C[Si](C)O[Si].C[Si](C)O[Si].[Zr].c1ccc2[cH-]ccc2c1. The van der Waals surface area contributed by atoms with Gasteiger partial charge in [0, 0.05) is 26.2 Å².